The first-order valence-corrected chi connectivity index (χ1v) is 13.1. The van der Waals surface area contributed by atoms with Gasteiger partial charge in [0.15, 0.2) is 5.25 Å². The topological polar surface area (TPSA) is 246 Å². The Balaban J connectivity index is 1.56. The van der Waals surface area contributed by atoms with Crippen LogP contribution in [-0.4, -0.2) is 98.7 Å². The zero-order chi connectivity index (χ0) is 27.4. The zero-order valence-corrected chi connectivity index (χ0v) is 20.9. The number of fused-ring (bicyclic) bond motifs is 1. The number of rotatable bonds is 7. The first-order chi connectivity index (χ1) is 17.2. The van der Waals surface area contributed by atoms with Crippen LogP contribution in [0.2, 0.25) is 5.02 Å². The third-order valence-corrected chi connectivity index (χ3v) is 9.08. The lowest BCUT2D eigenvalue weighted by Crippen LogP contribution is -2.68. The van der Waals surface area contributed by atoms with E-state index in [4.69, 9.17) is 23.1 Å². The van der Waals surface area contributed by atoms with Crippen molar-refractivity contribution >= 4 is 69.0 Å². The fourth-order valence-corrected chi connectivity index (χ4v) is 7.20. The van der Waals surface area contributed by atoms with E-state index in [1.165, 1.54) is 12.1 Å². The Morgan fingerprint density at radius 2 is 1.92 bits per heavy atom. The highest BCUT2D eigenvalue weighted by Gasteiger charge is 2.66. The lowest BCUT2D eigenvalue weighted by molar-refractivity contribution is -0.151. The SMILES string of the molecule is NC(=O)NN1CCN([C@]2(C(=O)O)CN3C(=O)[C@@H](NC(=O)C(c4ccc(N)cc4Cl)S(=O)(=O)O)[C@H]3S2)C1=O. The number of nitrogens with zero attached hydrogens (tertiary/aromatic N) is 3. The summed E-state index contributed by atoms with van der Waals surface area (Å²) in [5, 5.41) is 9.68. The van der Waals surface area contributed by atoms with Crippen molar-refractivity contribution in [1.82, 2.24) is 25.6 Å². The van der Waals surface area contributed by atoms with Gasteiger partial charge in [-0.2, -0.15) is 8.42 Å². The fourth-order valence-electron chi connectivity index (χ4n) is 4.34. The van der Waals surface area contributed by atoms with Gasteiger partial charge in [0.05, 0.1) is 13.1 Å². The van der Waals surface area contributed by atoms with Crippen molar-refractivity contribution in [1.29, 1.82) is 0 Å². The molecular weight excluding hydrogens is 558 g/mol. The van der Waals surface area contributed by atoms with Gasteiger partial charge in [-0.05, 0) is 12.1 Å². The molecule has 3 saturated heterocycles. The number of nitrogen functional groups attached to an aromatic ring is 1. The van der Waals surface area contributed by atoms with Crippen LogP contribution in [0, 0.1) is 0 Å². The number of nitrogens with one attached hydrogen (secondary N) is 2. The van der Waals surface area contributed by atoms with E-state index in [-0.39, 0.29) is 29.4 Å². The maximum atomic E-state index is 13.0. The second kappa shape index (κ2) is 9.12. The third kappa shape index (κ3) is 4.45. The van der Waals surface area contributed by atoms with Crippen LogP contribution in [0.1, 0.15) is 10.8 Å². The minimum absolute atomic E-state index is 0.0749. The number of thioether (sulfide) groups is 1. The van der Waals surface area contributed by atoms with Gasteiger partial charge in [0.25, 0.3) is 10.1 Å². The standard InChI is InChI=1S/C18H20ClN7O9S2/c19-9-5-7(20)1-2-8(9)11(37(33,34)35)12(27)22-10-13(28)24-6-18(15(29)30,36-14(10)24)25-3-4-26(17(25)32)23-16(21)31/h1-2,5,10-11,14H,3-4,6,20H2,(H,22,27)(H,29,30)(H3,21,23,31)(H,33,34,35)/t10-,11?,14-,18-/m1/s1. The summed E-state index contributed by atoms with van der Waals surface area (Å²) in [4.78, 5) is 62.0. The van der Waals surface area contributed by atoms with E-state index in [0.29, 0.717) is 11.8 Å². The molecule has 3 aliphatic rings. The number of halogens is 1. The highest BCUT2D eigenvalue weighted by molar-refractivity contribution is 8.02. The maximum absolute atomic E-state index is 13.0. The number of anilines is 1. The van der Waals surface area contributed by atoms with Crippen LogP contribution in [-0.2, 0) is 24.5 Å². The zero-order valence-electron chi connectivity index (χ0n) is 18.5. The number of carboxylic acids is 1. The number of carboxylic acid groups (broad SMARTS) is 1. The molecular formula is C18H20ClN7O9S2. The number of hydrogen-bond donors (Lipinski definition) is 6. The lowest BCUT2D eigenvalue weighted by Gasteiger charge is -2.41. The minimum Gasteiger partial charge on any atom is -0.479 e. The number of carbonyl (C=O) groups excluding carboxylic acids is 4. The van der Waals surface area contributed by atoms with Crippen LogP contribution in [0.3, 0.4) is 0 Å². The van der Waals surface area contributed by atoms with Crippen LogP contribution < -0.4 is 22.2 Å². The maximum Gasteiger partial charge on any atom is 0.342 e. The molecule has 1 aromatic carbocycles. The number of nitrogens with two attached hydrogens (primary N) is 2. The number of carbonyl (C=O) groups is 5. The van der Waals surface area contributed by atoms with Crippen molar-refractivity contribution in [2.24, 2.45) is 5.73 Å². The average molecular weight is 578 g/mol. The largest absolute Gasteiger partial charge is 0.479 e. The summed E-state index contributed by atoms with van der Waals surface area (Å²) in [6.45, 7) is -0.635. The Labute approximate surface area is 217 Å². The Bertz CT molecular complexity index is 1330. The fraction of sp³-hybridized carbons (Fsp3) is 0.389. The van der Waals surface area contributed by atoms with Gasteiger partial charge < -0.3 is 26.8 Å². The molecule has 4 rings (SSSR count). The van der Waals surface area contributed by atoms with Crippen molar-refractivity contribution in [2.75, 3.05) is 25.4 Å². The number of urea groups is 2. The highest BCUT2D eigenvalue weighted by atomic mass is 35.5. The number of benzene rings is 1. The van der Waals surface area contributed by atoms with E-state index >= 15 is 0 Å². The molecule has 0 aliphatic carbocycles. The minimum atomic E-state index is -5.06. The van der Waals surface area contributed by atoms with Gasteiger partial charge in [-0.1, -0.05) is 29.4 Å². The number of hydrogen-bond acceptors (Lipinski definition) is 9. The second-order valence-corrected chi connectivity index (χ2v) is 11.6. The molecule has 19 heteroatoms. The Morgan fingerprint density at radius 3 is 2.49 bits per heavy atom. The van der Waals surface area contributed by atoms with Gasteiger partial charge in [0.1, 0.15) is 11.4 Å². The predicted molar refractivity (Wildman–Crippen MR) is 127 cm³/mol. The van der Waals surface area contributed by atoms with E-state index < -0.39 is 68.0 Å². The van der Waals surface area contributed by atoms with E-state index in [0.717, 1.165) is 20.9 Å². The van der Waals surface area contributed by atoms with Crippen LogP contribution in [0.5, 0.6) is 0 Å². The van der Waals surface area contributed by atoms with Crippen molar-refractivity contribution in [3.05, 3.63) is 28.8 Å². The highest BCUT2D eigenvalue weighted by Crippen LogP contribution is 2.49. The molecule has 0 saturated carbocycles. The molecule has 1 unspecified atom stereocenters. The first-order valence-electron chi connectivity index (χ1n) is 10.4. The van der Waals surface area contributed by atoms with Crippen LogP contribution in [0.4, 0.5) is 15.3 Å². The molecule has 8 N–H and O–H groups in total. The number of primary amides is 1. The van der Waals surface area contributed by atoms with E-state index in [9.17, 15) is 42.0 Å². The summed E-state index contributed by atoms with van der Waals surface area (Å²) in [6.07, 6.45) is 0. The van der Waals surface area contributed by atoms with Crippen LogP contribution >= 0.6 is 23.4 Å². The Morgan fingerprint density at radius 1 is 1.24 bits per heavy atom. The summed E-state index contributed by atoms with van der Waals surface area (Å²) in [5.41, 5.74) is 12.6. The predicted octanol–water partition coefficient (Wildman–Crippen LogP) is -1.65. The molecule has 3 heterocycles. The molecule has 3 fully saturated rings. The molecule has 6 amide bonds. The summed E-state index contributed by atoms with van der Waals surface area (Å²) >= 11 is 6.71. The Hall–Kier alpha value is -3.48. The Kier molecular flexibility index (Phi) is 6.55. The molecule has 0 bridgehead atoms. The third-order valence-electron chi connectivity index (χ3n) is 6.01. The van der Waals surface area contributed by atoms with E-state index in [2.05, 4.69) is 10.7 Å². The molecule has 0 radical (unpaired) electrons. The average Bonchev–Trinajstić information content (AvgIpc) is 3.32. The van der Waals surface area contributed by atoms with Gasteiger partial charge in [-0.15, -0.1) is 0 Å². The van der Waals surface area contributed by atoms with Crippen molar-refractivity contribution < 1.29 is 42.0 Å². The summed E-state index contributed by atoms with van der Waals surface area (Å²) < 4.78 is 33.8. The molecule has 0 spiro atoms. The van der Waals surface area contributed by atoms with Gasteiger partial charge in [0.2, 0.25) is 16.7 Å². The molecule has 4 atom stereocenters. The van der Waals surface area contributed by atoms with Crippen LogP contribution in [0.25, 0.3) is 0 Å². The van der Waals surface area contributed by atoms with Crippen molar-refractivity contribution in [3.63, 3.8) is 0 Å². The second-order valence-electron chi connectivity index (χ2n) is 8.29. The van der Waals surface area contributed by atoms with Crippen LogP contribution in [0.15, 0.2) is 18.2 Å². The number of hydrazine groups is 1. The molecule has 1 aromatic rings. The van der Waals surface area contributed by atoms with Gasteiger partial charge in [-0.25, -0.2) is 24.8 Å². The normalized spacial score (nSPS) is 25.9. The molecule has 37 heavy (non-hydrogen) atoms. The van der Waals surface area contributed by atoms with Gasteiger partial charge >= 0.3 is 18.0 Å². The lowest BCUT2D eigenvalue weighted by atomic mass is 10.0. The van der Waals surface area contributed by atoms with Gasteiger partial charge in [-0.3, -0.25) is 19.0 Å². The number of aliphatic carboxylic acids is 1. The van der Waals surface area contributed by atoms with E-state index in [1.807, 2.05) is 0 Å². The first kappa shape index (κ1) is 26.6. The smallest absolute Gasteiger partial charge is 0.342 e. The summed E-state index contributed by atoms with van der Waals surface area (Å²) in [7, 11) is -5.06. The van der Waals surface area contributed by atoms with E-state index in [1.54, 1.807) is 0 Å². The summed E-state index contributed by atoms with van der Waals surface area (Å²) in [5.74, 6) is -3.47. The molecule has 3 aliphatic heterocycles. The van der Waals surface area contributed by atoms with Gasteiger partial charge in [0, 0.05) is 22.8 Å². The molecule has 16 nitrogen and oxygen atoms in total. The number of amides is 6. The number of β-lactam (4-membered cyclic amide) rings is 1. The summed E-state index contributed by atoms with van der Waals surface area (Å²) in [6, 6.07) is 0.308. The molecule has 200 valence electrons. The van der Waals surface area contributed by atoms with Crippen molar-refractivity contribution in [3.8, 4) is 0 Å². The van der Waals surface area contributed by atoms with Crippen molar-refractivity contribution in [2.45, 2.75) is 21.5 Å². The quantitative estimate of drug-likeness (QED) is 0.122. The monoisotopic (exact) mass is 577 g/mol. The molecule has 0 aromatic heterocycles.